The molecule has 0 saturated heterocycles. The lowest BCUT2D eigenvalue weighted by molar-refractivity contribution is 0.571. The van der Waals surface area contributed by atoms with Gasteiger partial charge in [0.2, 0.25) is 0 Å². The van der Waals surface area contributed by atoms with Crippen LogP contribution in [0.4, 0.5) is 0 Å². The number of nitrogens with one attached hydrogen (secondary N) is 1. The number of hydrogen-bond donors (Lipinski definition) is 1. The quantitative estimate of drug-likeness (QED) is 0.755. The number of rotatable bonds is 5. The van der Waals surface area contributed by atoms with Gasteiger partial charge in [0.05, 0.1) is 0 Å². The van der Waals surface area contributed by atoms with E-state index in [0.717, 1.165) is 18.1 Å². The molecule has 1 aromatic carbocycles. The van der Waals surface area contributed by atoms with E-state index in [1.807, 2.05) is 12.1 Å². The van der Waals surface area contributed by atoms with E-state index in [1.165, 1.54) is 24.8 Å². The van der Waals surface area contributed by atoms with Crippen LogP contribution in [0, 0.1) is 0 Å². The molecule has 0 amide bonds. The summed E-state index contributed by atoms with van der Waals surface area (Å²) in [5, 5.41) is 4.43. The minimum absolute atomic E-state index is 0.341. The number of hydrogen-bond acceptors (Lipinski definition) is 1. The highest BCUT2D eigenvalue weighted by atomic mass is 35.5. The zero-order chi connectivity index (χ0) is 10.7. The molecular weight excluding hydrogens is 206 g/mol. The molecule has 1 aromatic rings. The van der Waals surface area contributed by atoms with E-state index in [1.54, 1.807) is 0 Å². The molecule has 0 heterocycles. The van der Waals surface area contributed by atoms with Gasteiger partial charge >= 0.3 is 0 Å². The second-order valence-corrected chi connectivity index (χ2v) is 4.84. The highest BCUT2D eigenvalue weighted by Crippen LogP contribution is 2.49. The zero-order valence-corrected chi connectivity index (χ0v) is 9.98. The molecule has 1 aliphatic carbocycles. The molecule has 0 spiro atoms. The van der Waals surface area contributed by atoms with E-state index < -0.39 is 0 Å². The molecule has 1 fully saturated rings. The normalized spacial score (nSPS) is 17.7. The van der Waals surface area contributed by atoms with E-state index in [4.69, 9.17) is 11.6 Å². The van der Waals surface area contributed by atoms with E-state index in [0.29, 0.717) is 5.41 Å². The molecule has 82 valence electrons. The lowest BCUT2D eigenvalue weighted by Gasteiger charge is -2.17. The fourth-order valence-electron chi connectivity index (χ4n) is 2.09. The van der Waals surface area contributed by atoms with E-state index in [9.17, 15) is 0 Å². The molecule has 0 bridgehead atoms. The van der Waals surface area contributed by atoms with Crippen LogP contribution < -0.4 is 5.32 Å². The first-order valence-electron chi connectivity index (χ1n) is 5.74. The summed E-state index contributed by atoms with van der Waals surface area (Å²) in [7, 11) is 0. The van der Waals surface area contributed by atoms with Gasteiger partial charge in [-0.05, 0) is 37.4 Å². The lowest BCUT2D eigenvalue weighted by atomic mass is 9.96. The van der Waals surface area contributed by atoms with Crippen LogP contribution in [0.15, 0.2) is 24.3 Å². The van der Waals surface area contributed by atoms with Crippen LogP contribution in [0.2, 0.25) is 5.02 Å². The van der Waals surface area contributed by atoms with Gasteiger partial charge in [0.15, 0.2) is 0 Å². The molecule has 0 radical (unpaired) electrons. The van der Waals surface area contributed by atoms with Gasteiger partial charge in [0.1, 0.15) is 0 Å². The topological polar surface area (TPSA) is 12.0 Å². The molecule has 0 aliphatic heterocycles. The molecule has 1 saturated carbocycles. The van der Waals surface area contributed by atoms with Gasteiger partial charge in [-0.1, -0.05) is 36.7 Å². The zero-order valence-electron chi connectivity index (χ0n) is 9.22. The summed E-state index contributed by atoms with van der Waals surface area (Å²) in [5.41, 5.74) is 1.67. The standard InChI is InChI=1S/C13H18ClN/c1-2-9-15-10-13(7-8-13)11-5-3-4-6-12(11)14/h3-6,15H,2,7-10H2,1H3. The summed E-state index contributed by atoms with van der Waals surface area (Å²) >= 11 is 6.23. The van der Waals surface area contributed by atoms with Gasteiger partial charge in [-0.3, -0.25) is 0 Å². The SMILES string of the molecule is CCCNCC1(c2ccccc2Cl)CC1. The maximum absolute atomic E-state index is 6.23. The second-order valence-electron chi connectivity index (χ2n) is 4.44. The number of benzene rings is 1. The predicted molar refractivity (Wildman–Crippen MR) is 65.5 cm³/mol. The maximum Gasteiger partial charge on any atom is 0.0444 e. The smallest absolute Gasteiger partial charge is 0.0444 e. The van der Waals surface area contributed by atoms with Crippen molar-refractivity contribution >= 4 is 11.6 Å². The van der Waals surface area contributed by atoms with Crippen LogP contribution in [0.25, 0.3) is 0 Å². The van der Waals surface area contributed by atoms with Crippen molar-refractivity contribution in [2.24, 2.45) is 0 Å². The van der Waals surface area contributed by atoms with Crippen LogP contribution in [0.1, 0.15) is 31.7 Å². The summed E-state index contributed by atoms with van der Waals surface area (Å²) in [6.07, 6.45) is 3.74. The highest BCUT2D eigenvalue weighted by molar-refractivity contribution is 6.31. The van der Waals surface area contributed by atoms with Crippen molar-refractivity contribution in [3.05, 3.63) is 34.9 Å². The molecule has 0 aromatic heterocycles. The van der Waals surface area contributed by atoms with Crippen LogP contribution >= 0.6 is 11.6 Å². The monoisotopic (exact) mass is 223 g/mol. The molecule has 15 heavy (non-hydrogen) atoms. The molecule has 2 rings (SSSR count). The Morgan fingerprint density at radius 1 is 1.33 bits per heavy atom. The largest absolute Gasteiger partial charge is 0.316 e. The number of halogens is 1. The average Bonchev–Trinajstić information content (AvgIpc) is 3.00. The molecule has 0 unspecified atom stereocenters. The second kappa shape index (κ2) is 4.54. The Kier molecular flexibility index (Phi) is 3.32. The van der Waals surface area contributed by atoms with Gasteiger partial charge in [0.25, 0.3) is 0 Å². The minimum Gasteiger partial charge on any atom is -0.316 e. The van der Waals surface area contributed by atoms with Crippen molar-refractivity contribution in [3.8, 4) is 0 Å². The first-order valence-corrected chi connectivity index (χ1v) is 6.12. The third kappa shape index (κ3) is 2.35. The van der Waals surface area contributed by atoms with Crippen molar-refractivity contribution in [3.63, 3.8) is 0 Å². The Bertz CT molecular complexity index is 331. The van der Waals surface area contributed by atoms with Crippen LogP contribution in [-0.2, 0) is 5.41 Å². The average molecular weight is 224 g/mol. The maximum atomic E-state index is 6.23. The van der Waals surface area contributed by atoms with Crippen molar-refractivity contribution < 1.29 is 0 Å². The molecule has 1 N–H and O–H groups in total. The molecule has 1 nitrogen and oxygen atoms in total. The van der Waals surface area contributed by atoms with Gasteiger partial charge in [-0.2, -0.15) is 0 Å². The van der Waals surface area contributed by atoms with Crippen molar-refractivity contribution in [1.29, 1.82) is 0 Å². The first-order chi connectivity index (χ1) is 7.28. The summed E-state index contributed by atoms with van der Waals surface area (Å²) in [4.78, 5) is 0. The van der Waals surface area contributed by atoms with E-state index >= 15 is 0 Å². The lowest BCUT2D eigenvalue weighted by Crippen LogP contribution is -2.27. The van der Waals surface area contributed by atoms with Crippen molar-refractivity contribution in [2.75, 3.05) is 13.1 Å². The van der Waals surface area contributed by atoms with Gasteiger partial charge < -0.3 is 5.32 Å². The van der Waals surface area contributed by atoms with E-state index in [-0.39, 0.29) is 0 Å². The van der Waals surface area contributed by atoms with E-state index in [2.05, 4.69) is 24.4 Å². The summed E-state index contributed by atoms with van der Waals surface area (Å²) in [5.74, 6) is 0. The van der Waals surface area contributed by atoms with Crippen molar-refractivity contribution in [2.45, 2.75) is 31.6 Å². The molecule has 1 aliphatic rings. The van der Waals surface area contributed by atoms with Gasteiger partial charge in [-0.15, -0.1) is 0 Å². The predicted octanol–water partition coefficient (Wildman–Crippen LogP) is 3.37. The Balaban J connectivity index is 2.06. The van der Waals surface area contributed by atoms with Crippen LogP contribution in [0.3, 0.4) is 0 Å². The Morgan fingerprint density at radius 3 is 2.67 bits per heavy atom. The first kappa shape index (κ1) is 11.0. The van der Waals surface area contributed by atoms with Crippen LogP contribution in [-0.4, -0.2) is 13.1 Å². The fraction of sp³-hybridized carbons (Fsp3) is 0.538. The third-order valence-electron chi connectivity index (χ3n) is 3.19. The summed E-state index contributed by atoms with van der Waals surface area (Å²) in [6.45, 7) is 4.37. The Morgan fingerprint density at radius 2 is 2.07 bits per heavy atom. The third-order valence-corrected chi connectivity index (χ3v) is 3.52. The fourth-order valence-corrected chi connectivity index (χ4v) is 2.42. The Hall–Kier alpha value is -0.530. The highest BCUT2D eigenvalue weighted by Gasteiger charge is 2.44. The summed E-state index contributed by atoms with van der Waals surface area (Å²) in [6, 6.07) is 8.25. The molecular formula is C13H18ClN. The Labute approximate surface area is 96.8 Å². The minimum atomic E-state index is 0.341. The molecule has 0 atom stereocenters. The van der Waals surface area contributed by atoms with Gasteiger partial charge in [0, 0.05) is 17.0 Å². The summed E-state index contributed by atoms with van der Waals surface area (Å²) < 4.78 is 0. The van der Waals surface area contributed by atoms with Gasteiger partial charge in [-0.25, -0.2) is 0 Å². The molecule has 2 heteroatoms. The van der Waals surface area contributed by atoms with Crippen LogP contribution in [0.5, 0.6) is 0 Å². The van der Waals surface area contributed by atoms with Crippen molar-refractivity contribution in [1.82, 2.24) is 5.32 Å².